The average Bonchev–Trinajstić information content (AvgIpc) is 2.70. The molecule has 8 nitrogen and oxygen atoms in total. The second-order valence-electron chi connectivity index (χ2n) is 6.03. The second-order valence-corrected chi connectivity index (χ2v) is 6.03. The highest BCUT2D eigenvalue weighted by Crippen LogP contribution is 2.40. The van der Waals surface area contributed by atoms with Gasteiger partial charge in [-0.2, -0.15) is 10.3 Å². The Kier molecular flexibility index (Phi) is 5.13. The molecule has 0 amide bonds. The van der Waals surface area contributed by atoms with Gasteiger partial charge in [0.2, 0.25) is 11.8 Å². The van der Waals surface area contributed by atoms with E-state index in [1.54, 1.807) is 6.92 Å². The lowest BCUT2D eigenvalue weighted by Gasteiger charge is -2.27. The molecule has 0 saturated carbocycles. The van der Waals surface area contributed by atoms with E-state index in [0.717, 1.165) is 15.5 Å². The van der Waals surface area contributed by atoms with Gasteiger partial charge >= 0.3 is 5.69 Å². The summed E-state index contributed by atoms with van der Waals surface area (Å²) in [6.45, 7) is 2.12. The van der Waals surface area contributed by atoms with E-state index in [4.69, 9.17) is 9.47 Å². The molecule has 28 heavy (non-hydrogen) atoms. The number of benzene rings is 1. The first-order valence-corrected chi connectivity index (χ1v) is 8.42. The van der Waals surface area contributed by atoms with Crippen LogP contribution < -0.4 is 16.0 Å². The zero-order chi connectivity index (χ0) is 20.4. The smallest absolute Gasteiger partial charge is 0.333 e. The monoisotopic (exact) mass is 384 g/mol. The van der Waals surface area contributed by atoms with Crippen molar-refractivity contribution in [3.8, 4) is 11.9 Å². The van der Waals surface area contributed by atoms with E-state index in [0.29, 0.717) is 12.2 Å². The zero-order valence-corrected chi connectivity index (χ0v) is 15.5. The molecule has 0 fully saturated rings. The molecule has 2 heterocycles. The Morgan fingerprint density at radius 2 is 1.96 bits per heavy atom. The van der Waals surface area contributed by atoms with E-state index in [2.05, 4.69) is 4.99 Å². The fourth-order valence-electron chi connectivity index (χ4n) is 2.99. The van der Waals surface area contributed by atoms with Crippen LogP contribution in [0.15, 0.2) is 50.3 Å². The van der Waals surface area contributed by atoms with Gasteiger partial charge < -0.3 is 9.47 Å². The summed E-state index contributed by atoms with van der Waals surface area (Å²) in [5, 5.41) is 9.76. The minimum Gasteiger partial charge on any atom is -0.483 e. The third kappa shape index (κ3) is 3.09. The highest BCUT2D eigenvalue weighted by molar-refractivity contribution is 5.56. The molecule has 1 unspecified atom stereocenters. The van der Waals surface area contributed by atoms with Gasteiger partial charge in [0.05, 0.1) is 18.1 Å². The number of nitriles is 1. The van der Waals surface area contributed by atoms with Gasteiger partial charge in [-0.05, 0) is 24.6 Å². The molecule has 144 valence electrons. The van der Waals surface area contributed by atoms with Gasteiger partial charge in [0.1, 0.15) is 17.5 Å². The molecule has 0 N–H and O–H groups in total. The molecule has 1 aliphatic rings. The number of aromatic nitrogens is 2. The van der Waals surface area contributed by atoms with Crippen molar-refractivity contribution in [2.75, 3.05) is 6.61 Å². The average molecular weight is 384 g/mol. The lowest BCUT2D eigenvalue weighted by molar-refractivity contribution is 0.326. The Balaban J connectivity index is 2.35. The number of hydrogen-bond donors (Lipinski definition) is 0. The normalized spacial score (nSPS) is 15.9. The van der Waals surface area contributed by atoms with Crippen molar-refractivity contribution in [3.63, 3.8) is 0 Å². The third-order valence-corrected chi connectivity index (χ3v) is 4.38. The Bertz CT molecular complexity index is 1140. The highest BCUT2D eigenvalue weighted by atomic mass is 19.1. The molecule has 0 radical (unpaired) electrons. The number of rotatable bonds is 4. The molecule has 1 atom stereocenters. The van der Waals surface area contributed by atoms with Crippen molar-refractivity contribution in [2.24, 2.45) is 19.1 Å². The van der Waals surface area contributed by atoms with Crippen molar-refractivity contribution >= 4 is 6.40 Å². The molecule has 2 aromatic rings. The lowest BCUT2D eigenvalue weighted by Crippen LogP contribution is -2.42. The van der Waals surface area contributed by atoms with Crippen molar-refractivity contribution in [3.05, 3.63) is 73.5 Å². The highest BCUT2D eigenvalue weighted by Gasteiger charge is 2.36. The number of ether oxygens (including phenoxy) is 2. The first kappa shape index (κ1) is 19.1. The predicted octanol–water partition coefficient (Wildman–Crippen LogP) is 1.55. The van der Waals surface area contributed by atoms with E-state index in [1.807, 2.05) is 6.07 Å². The number of allylic oxidation sites excluding steroid dienone is 1. The van der Waals surface area contributed by atoms with E-state index in [1.165, 1.54) is 38.4 Å². The quantitative estimate of drug-likeness (QED) is 0.588. The number of nitrogens with zero attached hydrogens (tertiary/aromatic N) is 4. The summed E-state index contributed by atoms with van der Waals surface area (Å²) in [6.07, 6.45) is 1.12. The van der Waals surface area contributed by atoms with Gasteiger partial charge in [-0.15, -0.1) is 0 Å². The summed E-state index contributed by atoms with van der Waals surface area (Å²) < 4.78 is 26.2. The van der Waals surface area contributed by atoms with Gasteiger partial charge in [0.15, 0.2) is 6.40 Å². The van der Waals surface area contributed by atoms with Crippen LogP contribution in [0.25, 0.3) is 0 Å². The van der Waals surface area contributed by atoms with Crippen LogP contribution in [-0.2, 0) is 18.8 Å². The molecule has 0 aliphatic carbocycles. The van der Waals surface area contributed by atoms with Crippen molar-refractivity contribution in [1.82, 2.24) is 9.13 Å². The minimum absolute atomic E-state index is 0.0231. The molecular formula is C19H17FN4O4. The standard InChI is InChI=1S/C19H17FN4O4/c1-4-27-10-22-16-13(9-21)14(11-5-7-12(20)8-6-11)15-17(25)23(2)19(26)24(3)18(15)28-16/h5-8,10,14H,4H2,1-3H3. The Morgan fingerprint density at radius 1 is 1.29 bits per heavy atom. The Hall–Kier alpha value is -3.67. The van der Waals surface area contributed by atoms with E-state index in [9.17, 15) is 19.2 Å². The van der Waals surface area contributed by atoms with Crippen LogP contribution in [0.5, 0.6) is 5.88 Å². The molecular weight excluding hydrogens is 367 g/mol. The van der Waals surface area contributed by atoms with E-state index < -0.39 is 23.0 Å². The maximum absolute atomic E-state index is 13.4. The van der Waals surface area contributed by atoms with E-state index >= 15 is 0 Å². The van der Waals surface area contributed by atoms with Crippen molar-refractivity contribution in [1.29, 1.82) is 5.26 Å². The third-order valence-electron chi connectivity index (χ3n) is 4.38. The number of fused-ring (bicyclic) bond motifs is 1. The van der Waals surface area contributed by atoms with Gasteiger partial charge in [0.25, 0.3) is 5.56 Å². The van der Waals surface area contributed by atoms with Gasteiger partial charge in [-0.25, -0.2) is 9.18 Å². The van der Waals surface area contributed by atoms with Crippen molar-refractivity contribution in [2.45, 2.75) is 12.8 Å². The van der Waals surface area contributed by atoms with Crippen LogP contribution in [0.4, 0.5) is 4.39 Å². The van der Waals surface area contributed by atoms with Crippen molar-refractivity contribution < 1.29 is 13.9 Å². The second kappa shape index (κ2) is 7.52. The molecule has 3 rings (SSSR count). The van der Waals surface area contributed by atoms with Crippen LogP contribution in [0.1, 0.15) is 24.0 Å². The molecule has 9 heteroatoms. The molecule has 1 aromatic carbocycles. The summed E-state index contributed by atoms with van der Waals surface area (Å²) in [5.41, 5.74) is -0.556. The molecule has 0 spiro atoms. The first-order chi connectivity index (χ1) is 13.4. The summed E-state index contributed by atoms with van der Waals surface area (Å²) in [4.78, 5) is 29.2. The molecule has 1 aromatic heterocycles. The molecule has 1 aliphatic heterocycles. The van der Waals surface area contributed by atoms with E-state index in [-0.39, 0.29) is 22.9 Å². The fraction of sp³-hybridized carbons (Fsp3) is 0.263. The Labute approximate surface area is 159 Å². The van der Waals surface area contributed by atoms with Crippen LogP contribution in [0.2, 0.25) is 0 Å². The Morgan fingerprint density at radius 3 is 2.57 bits per heavy atom. The first-order valence-electron chi connectivity index (χ1n) is 8.42. The van der Waals surface area contributed by atoms with Gasteiger partial charge in [0, 0.05) is 14.1 Å². The number of halogens is 1. The summed E-state index contributed by atoms with van der Waals surface area (Å²) in [5.74, 6) is -1.46. The predicted molar refractivity (Wildman–Crippen MR) is 98.6 cm³/mol. The minimum atomic E-state index is -0.881. The molecule has 0 saturated heterocycles. The summed E-state index contributed by atoms with van der Waals surface area (Å²) >= 11 is 0. The van der Waals surface area contributed by atoms with Crippen LogP contribution in [-0.4, -0.2) is 22.1 Å². The maximum atomic E-state index is 13.4. The number of aliphatic imine (C=N–C) groups is 1. The van der Waals surface area contributed by atoms with Gasteiger partial charge in [-0.1, -0.05) is 12.1 Å². The van der Waals surface area contributed by atoms with Crippen LogP contribution in [0, 0.1) is 17.1 Å². The van der Waals surface area contributed by atoms with Gasteiger partial charge in [-0.3, -0.25) is 13.9 Å². The topological polar surface area (TPSA) is 98.6 Å². The lowest BCUT2D eigenvalue weighted by atomic mass is 9.85. The van der Waals surface area contributed by atoms with Crippen LogP contribution >= 0.6 is 0 Å². The van der Waals surface area contributed by atoms with Crippen LogP contribution in [0.3, 0.4) is 0 Å². The largest absolute Gasteiger partial charge is 0.483 e. The number of hydrogen-bond acceptors (Lipinski definition) is 6. The summed E-state index contributed by atoms with van der Waals surface area (Å²) in [6, 6.07) is 7.43. The fourth-order valence-corrected chi connectivity index (χ4v) is 2.99. The maximum Gasteiger partial charge on any atom is 0.333 e. The zero-order valence-electron chi connectivity index (χ0n) is 15.5. The molecule has 0 bridgehead atoms. The SMILES string of the molecule is CCOC=NC1=C(C#N)C(c2ccc(F)cc2)c2c(n(C)c(=O)n(C)c2=O)O1. The summed E-state index contributed by atoms with van der Waals surface area (Å²) in [7, 11) is 2.79.